The van der Waals surface area contributed by atoms with Gasteiger partial charge in [-0.3, -0.25) is 9.59 Å². The minimum atomic E-state index is -1.02. The Morgan fingerprint density at radius 1 is 0.970 bits per heavy atom. The number of nitrogens with zero attached hydrogens (tertiary/aromatic N) is 3. The summed E-state index contributed by atoms with van der Waals surface area (Å²) >= 11 is 0. The van der Waals surface area contributed by atoms with E-state index in [2.05, 4.69) is 15.1 Å². The third-order valence-electron chi connectivity index (χ3n) is 5.45. The van der Waals surface area contributed by atoms with Gasteiger partial charge in [0.05, 0.1) is 7.11 Å². The van der Waals surface area contributed by atoms with Gasteiger partial charge in [-0.2, -0.15) is 0 Å². The molecule has 0 saturated heterocycles. The zero-order valence-corrected chi connectivity index (χ0v) is 22.1. The highest BCUT2D eigenvalue weighted by Crippen LogP contribution is 2.30. The molecule has 0 atom stereocenters. The van der Waals surface area contributed by atoms with Crippen LogP contribution in [0.1, 0.15) is 46.1 Å². The van der Waals surface area contributed by atoms with Crippen LogP contribution in [-0.2, 0) is 16.1 Å². The molecule has 2 amide bonds. The Labute approximate surface area is 200 Å². The van der Waals surface area contributed by atoms with E-state index in [0.29, 0.717) is 32.5 Å². The van der Waals surface area contributed by atoms with Crippen LogP contribution in [-0.4, -0.2) is 86.0 Å². The largest absolute Gasteiger partial charge is 0.497 e. The van der Waals surface area contributed by atoms with Crippen molar-refractivity contribution in [2.45, 2.75) is 58.2 Å². The second-order valence-electron chi connectivity index (χ2n) is 10.1. The van der Waals surface area contributed by atoms with Crippen LogP contribution in [0.25, 0.3) is 0 Å². The molecule has 0 aromatic heterocycles. The van der Waals surface area contributed by atoms with E-state index in [-0.39, 0.29) is 11.8 Å². The zero-order chi connectivity index (χ0) is 25.2. The predicted octanol–water partition coefficient (Wildman–Crippen LogP) is 3.16. The molecule has 0 unspecified atom stereocenters. The summed E-state index contributed by atoms with van der Waals surface area (Å²) in [6, 6.07) is 7.65. The first kappa shape index (κ1) is 28.7. The summed E-state index contributed by atoms with van der Waals surface area (Å²) in [4.78, 5) is 33.3. The van der Waals surface area contributed by atoms with E-state index in [9.17, 15) is 9.59 Å². The molecule has 0 aliphatic carbocycles. The fraction of sp³-hybridized carbons (Fsp3) is 0.615. The molecule has 1 aromatic carbocycles. The summed E-state index contributed by atoms with van der Waals surface area (Å²) in [5.41, 5.74) is -0.497. The molecule has 1 aromatic rings. The molecule has 1 N–H and O–H groups in total. The summed E-state index contributed by atoms with van der Waals surface area (Å²) in [5.74, 6) is 0.460. The minimum absolute atomic E-state index is 0.120. The Morgan fingerprint density at radius 3 is 1.88 bits per heavy atom. The predicted molar refractivity (Wildman–Crippen MR) is 135 cm³/mol. The molecule has 1 rings (SSSR count). The topological polar surface area (TPSA) is 65.1 Å². The molecule has 0 fully saturated rings. The van der Waals surface area contributed by atoms with Crippen LogP contribution in [0, 0.1) is 0 Å². The van der Waals surface area contributed by atoms with Gasteiger partial charge in [0.25, 0.3) is 0 Å². The first-order chi connectivity index (χ1) is 15.3. The lowest BCUT2D eigenvalue weighted by atomic mass is 9.85. The van der Waals surface area contributed by atoms with Crippen molar-refractivity contribution < 1.29 is 14.3 Å². The van der Waals surface area contributed by atoms with Crippen molar-refractivity contribution in [2.75, 3.05) is 48.4 Å². The molecule has 186 valence electrons. The maximum absolute atomic E-state index is 14.0. The van der Waals surface area contributed by atoms with Gasteiger partial charge in [-0.1, -0.05) is 18.2 Å². The van der Waals surface area contributed by atoms with Crippen LogP contribution in [0.4, 0.5) is 0 Å². The highest BCUT2D eigenvalue weighted by Gasteiger charge is 2.46. The number of carbonyl (C=O) groups is 2. The summed E-state index contributed by atoms with van der Waals surface area (Å²) in [5, 5.41) is 3.18. The third-order valence-corrected chi connectivity index (χ3v) is 5.45. The monoisotopic (exact) mass is 460 g/mol. The first-order valence-electron chi connectivity index (χ1n) is 11.5. The van der Waals surface area contributed by atoms with Crippen LogP contribution < -0.4 is 10.1 Å². The Morgan fingerprint density at radius 2 is 1.48 bits per heavy atom. The quantitative estimate of drug-likeness (QED) is 0.486. The summed E-state index contributed by atoms with van der Waals surface area (Å²) < 4.78 is 5.28. The van der Waals surface area contributed by atoms with Crippen LogP contribution in [0.3, 0.4) is 0 Å². The molecule has 7 nitrogen and oxygen atoms in total. The van der Waals surface area contributed by atoms with Crippen molar-refractivity contribution in [1.29, 1.82) is 0 Å². The molecule has 0 saturated carbocycles. The van der Waals surface area contributed by atoms with Gasteiger partial charge in [-0.25, -0.2) is 0 Å². The molecule has 0 aliphatic heterocycles. The van der Waals surface area contributed by atoms with E-state index >= 15 is 0 Å². The summed E-state index contributed by atoms with van der Waals surface area (Å²) in [6.07, 6.45) is 4.33. The lowest BCUT2D eigenvalue weighted by Crippen LogP contribution is -2.64. The van der Waals surface area contributed by atoms with Gasteiger partial charge in [0.15, 0.2) is 0 Å². The van der Waals surface area contributed by atoms with Crippen LogP contribution >= 0.6 is 0 Å². The molecule has 0 bridgehead atoms. The van der Waals surface area contributed by atoms with E-state index in [0.717, 1.165) is 11.3 Å². The average Bonchev–Trinajstić information content (AvgIpc) is 2.71. The lowest BCUT2D eigenvalue weighted by Gasteiger charge is -2.45. The smallest absolute Gasteiger partial charge is 0.247 e. The Kier molecular flexibility index (Phi) is 11.1. The zero-order valence-electron chi connectivity index (χ0n) is 22.1. The molecule has 0 heterocycles. The van der Waals surface area contributed by atoms with Gasteiger partial charge in [0.1, 0.15) is 11.3 Å². The second kappa shape index (κ2) is 12.8. The van der Waals surface area contributed by atoms with Crippen molar-refractivity contribution in [3.05, 3.63) is 42.0 Å². The van der Waals surface area contributed by atoms with Gasteiger partial charge in [0.2, 0.25) is 11.8 Å². The van der Waals surface area contributed by atoms with Crippen molar-refractivity contribution >= 4 is 11.8 Å². The fourth-order valence-corrected chi connectivity index (χ4v) is 3.60. The standard InChI is InChI=1S/C26H44N4O3/c1-10-11-23(31)30(20-21-12-14-22(33-9)15-13-21)26(16-18-28(5)6,17-19-29(7)8)24(32)27-25(2,3)4/h10-15H,16-20H2,1-9H3,(H,27,32)/b11-10+. The van der Waals surface area contributed by atoms with Gasteiger partial charge in [-0.15, -0.1) is 0 Å². The van der Waals surface area contributed by atoms with Crippen molar-refractivity contribution in [3.8, 4) is 5.75 Å². The summed E-state index contributed by atoms with van der Waals surface area (Å²) in [7, 11) is 9.57. The van der Waals surface area contributed by atoms with Gasteiger partial charge >= 0.3 is 0 Å². The SMILES string of the molecule is C/C=C/C(=O)N(Cc1ccc(OC)cc1)C(CCN(C)C)(CCN(C)C)C(=O)NC(C)(C)C. The number of nitrogens with one attached hydrogen (secondary N) is 1. The number of methoxy groups -OCH3 is 1. The van der Waals surface area contributed by atoms with Gasteiger partial charge in [-0.05, 0) is 92.5 Å². The third kappa shape index (κ3) is 9.18. The number of rotatable bonds is 12. The molecular weight excluding hydrogens is 416 g/mol. The highest BCUT2D eigenvalue weighted by atomic mass is 16.5. The van der Waals surface area contributed by atoms with Gasteiger partial charge in [0, 0.05) is 25.2 Å². The first-order valence-corrected chi connectivity index (χ1v) is 11.5. The second-order valence-corrected chi connectivity index (χ2v) is 10.1. The number of carbonyl (C=O) groups excluding carboxylic acids is 2. The average molecular weight is 461 g/mol. The fourth-order valence-electron chi connectivity index (χ4n) is 3.60. The molecule has 33 heavy (non-hydrogen) atoms. The van der Waals surface area contributed by atoms with E-state index in [1.54, 1.807) is 24.2 Å². The van der Waals surface area contributed by atoms with E-state index in [1.165, 1.54) is 0 Å². The number of ether oxygens (including phenoxy) is 1. The number of allylic oxidation sites excluding steroid dienone is 1. The van der Waals surface area contributed by atoms with E-state index in [1.807, 2.05) is 80.2 Å². The van der Waals surface area contributed by atoms with Gasteiger partial charge < -0.3 is 24.8 Å². The van der Waals surface area contributed by atoms with Crippen LogP contribution in [0.2, 0.25) is 0 Å². The Hall–Kier alpha value is -2.38. The number of benzene rings is 1. The van der Waals surface area contributed by atoms with Crippen molar-refractivity contribution in [1.82, 2.24) is 20.0 Å². The Balaban J connectivity index is 3.62. The maximum atomic E-state index is 14.0. The van der Waals surface area contributed by atoms with E-state index in [4.69, 9.17) is 4.74 Å². The van der Waals surface area contributed by atoms with Crippen LogP contribution in [0.5, 0.6) is 5.75 Å². The number of hydrogen-bond acceptors (Lipinski definition) is 5. The number of amides is 2. The molecule has 7 heteroatoms. The maximum Gasteiger partial charge on any atom is 0.247 e. The van der Waals surface area contributed by atoms with Crippen molar-refractivity contribution in [2.24, 2.45) is 0 Å². The van der Waals surface area contributed by atoms with E-state index < -0.39 is 11.1 Å². The minimum Gasteiger partial charge on any atom is -0.497 e. The van der Waals surface area contributed by atoms with Crippen LogP contribution in [0.15, 0.2) is 36.4 Å². The molecule has 0 spiro atoms. The normalized spacial score (nSPS) is 12.5. The highest BCUT2D eigenvalue weighted by molar-refractivity contribution is 5.95. The molecular formula is C26H44N4O3. The summed E-state index contributed by atoms with van der Waals surface area (Å²) in [6.45, 7) is 9.39. The Bertz CT molecular complexity index is 768. The lowest BCUT2D eigenvalue weighted by molar-refractivity contribution is -0.148. The van der Waals surface area contributed by atoms with Crippen molar-refractivity contribution in [3.63, 3.8) is 0 Å². The molecule has 0 aliphatic rings. The molecule has 0 radical (unpaired) electrons. The number of hydrogen-bond donors (Lipinski definition) is 1.